The molecule has 0 aliphatic heterocycles. The van der Waals surface area contributed by atoms with Gasteiger partial charge in [-0.05, 0) is 70.5 Å². The Morgan fingerprint density at radius 2 is 1.24 bits per heavy atom. The van der Waals surface area contributed by atoms with Crippen LogP contribution in [0, 0.1) is 0 Å². The molecule has 0 spiro atoms. The monoisotopic (exact) mass is 642 g/mol. The average molecular weight is 643 g/mol. The molecule has 230 valence electrons. The van der Waals surface area contributed by atoms with Crippen molar-refractivity contribution >= 4 is 71.7 Å². The van der Waals surface area contributed by atoms with E-state index in [4.69, 9.17) is 21.2 Å². The van der Waals surface area contributed by atoms with Gasteiger partial charge in [-0.15, -0.1) is 0 Å². The molecule has 8 aromatic carbocycles. The Bertz CT molecular complexity index is 3670. The van der Waals surface area contributed by atoms with E-state index < -0.39 is 119 Å². The molecule has 3 heteroatoms. The van der Waals surface area contributed by atoms with E-state index in [-0.39, 0.29) is 27.7 Å². The summed E-state index contributed by atoms with van der Waals surface area (Å²) >= 11 is 0. The van der Waals surface area contributed by atoms with Crippen LogP contribution in [-0.4, -0.2) is 0 Å². The Morgan fingerprint density at radius 1 is 0.449 bits per heavy atom. The van der Waals surface area contributed by atoms with Crippen molar-refractivity contribution in [3.05, 3.63) is 176 Å². The second-order valence-electron chi connectivity index (χ2n) is 11.3. The number of benzene rings is 8. The molecule has 0 aliphatic rings. The summed E-state index contributed by atoms with van der Waals surface area (Å²) < 4.78 is 148. The Labute approximate surface area is 303 Å². The zero-order chi connectivity index (χ0) is 45.4. The van der Waals surface area contributed by atoms with Crippen molar-refractivity contribution in [3.8, 4) is 22.3 Å². The third-order valence-electron chi connectivity index (χ3n) is 8.53. The van der Waals surface area contributed by atoms with E-state index in [1.165, 1.54) is 4.90 Å². The molecule has 0 unspecified atom stereocenters. The van der Waals surface area contributed by atoms with Crippen molar-refractivity contribution < 1.29 is 29.4 Å². The first-order valence-corrected chi connectivity index (χ1v) is 15.4. The van der Waals surface area contributed by atoms with E-state index in [0.29, 0.717) is 27.5 Å². The summed E-state index contributed by atoms with van der Waals surface area (Å²) in [6, 6.07) is 15.0. The Kier molecular flexibility index (Phi) is 3.70. The highest BCUT2D eigenvalue weighted by Crippen LogP contribution is 2.45. The highest BCUT2D eigenvalue weighted by atomic mass is 16.3. The fraction of sp³-hybridized carbons (Fsp3) is 0. The smallest absolute Gasteiger partial charge is 0.143 e. The van der Waals surface area contributed by atoms with Crippen LogP contribution in [0.15, 0.2) is 184 Å². The third-order valence-corrected chi connectivity index (χ3v) is 8.53. The summed E-state index contributed by atoms with van der Waals surface area (Å²) in [6.07, 6.45) is 0. The molecular weight excluding hydrogens is 599 g/mol. The number of anilines is 3. The molecule has 10 aromatic rings. The minimum atomic E-state index is -0.771. The number of para-hydroxylation sites is 2. The fourth-order valence-electron chi connectivity index (χ4n) is 6.32. The molecule has 3 nitrogen and oxygen atoms in total. The zero-order valence-corrected chi connectivity index (χ0v) is 25.3. The Morgan fingerprint density at radius 3 is 2.16 bits per heavy atom. The highest BCUT2D eigenvalue weighted by Gasteiger charge is 2.21. The quantitative estimate of drug-likeness (QED) is 0.187. The van der Waals surface area contributed by atoms with E-state index in [9.17, 15) is 8.22 Å². The van der Waals surface area contributed by atoms with Crippen LogP contribution >= 0.6 is 0 Å². The first-order valence-electron chi connectivity index (χ1n) is 22.9. The molecule has 0 saturated heterocycles. The molecule has 0 radical (unpaired) electrons. The van der Waals surface area contributed by atoms with Gasteiger partial charge in [-0.1, -0.05) is 127 Å². The van der Waals surface area contributed by atoms with E-state index >= 15 is 0 Å². The molecule has 0 N–H and O–H groups in total. The molecule has 0 saturated carbocycles. The highest BCUT2D eigenvalue weighted by molar-refractivity contribution is 6.19. The molecule has 0 bridgehead atoms. The van der Waals surface area contributed by atoms with E-state index in [2.05, 4.69) is 0 Å². The summed E-state index contributed by atoms with van der Waals surface area (Å²) in [5, 5.41) is 2.10. The number of fused-ring (bicyclic) bond motifs is 8. The Hall–Kier alpha value is -6.58. The largest absolute Gasteiger partial charge is 0.455 e. The minimum absolute atomic E-state index is 0.0255. The van der Waals surface area contributed by atoms with Gasteiger partial charge >= 0.3 is 0 Å². The maximum atomic E-state index is 9.71. The minimum Gasteiger partial charge on any atom is -0.455 e. The van der Waals surface area contributed by atoms with Crippen LogP contribution in [0.3, 0.4) is 0 Å². The van der Waals surface area contributed by atoms with Gasteiger partial charge in [0.25, 0.3) is 0 Å². The van der Waals surface area contributed by atoms with Crippen LogP contribution < -0.4 is 4.90 Å². The normalized spacial score (nSPS) is 16.0. The topological polar surface area (TPSA) is 29.5 Å². The predicted octanol–water partition coefficient (Wildman–Crippen LogP) is 13.4. The lowest BCUT2D eigenvalue weighted by molar-refractivity contribution is 0.670. The number of nitrogens with zero attached hydrogens (tertiary/aromatic N) is 1. The van der Waals surface area contributed by atoms with Gasteiger partial charge in [-0.3, -0.25) is 0 Å². The van der Waals surface area contributed by atoms with Crippen molar-refractivity contribution in [1.29, 1.82) is 0 Å². The lowest BCUT2D eigenvalue weighted by Crippen LogP contribution is -2.10. The number of hydrogen-bond acceptors (Lipinski definition) is 3. The first-order chi connectivity index (χ1) is 30.6. The summed E-state index contributed by atoms with van der Waals surface area (Å²) in [5.41, 5.74) is -1.30. The van der Waals surface area contributed by atoms with Crippen LogP contribution in [0.1, 0.15) is 20.6 Å². The summed E-state index contributed by atoms with van der Waals surface area (Å²) in [6.45, 7) is 0. The van der Waals surface area contributed by atoms with Crippen molar-refractivity contribution in [3.63, 3.8) is 0 Å². The average Bonchev–Trinajstić information content (AvgIpc) is 3.89. The first kappa shape index (κ1) is 16.5. The lowest BCUT2D eigenvalue weighted by atomic mass is 10.0. The van der Waals surface area contributed by atoms with Gasteiger partial charge in [0.15, 0.2) is 0 Å². The van der Waals surface area contributed by atoms with E-state index in [1.807, 2.05) is 36.4 Å². The van der Waals surface area contributed by atoms with Crippen molar-refractivity contribution in [2.45, 2.75) is 0 Å². The number of rotatable bonds is 5. The summed E-state index contributed by atoms with van der Waals surface area (Å²) in [7, 11) is 0. The summed E-state index contributed by atoms with van der Waals surface area (Å²) in [5.74, 6) is 0. The van der Waals surface area contributed by atoms with Crippen LogP contribution in [0.4, 0.5) is 17.1 Å². The van der Waals surface area contributed by atoms with Gasteiger partial charge in [0, 0.05) is 38.5 Å². The van der Waals surface area contributed by atoms with E-state index in [0.717, 1.165) is 10.8 Å². The molecule has 49 heavy (non-hydrogen) atoms. The third kappa shape index (κ3) is 4.44. The van der Waals surface area contributed by atoms with Crippen molar-refractivity contribution in [2.75, 3.05) is 4.90 Å². The van der Waals surface area contributed by atoms with Crippen molar-refractivity contribution in [1.82, 2.24) is 0 Å². The van der Waals surface area contributed by atoms with Gasteiger partial charge in [0.2, 0.25) is 0 Å². The van der Waals surface area contributed by atoms with Gasteiger partial charge in [0.05, 0.1) is 31.6 Å². The van der Waals surface area contributed by atoms with Gasteiger partial charge in [-0.2, -0.15) is 0 Å². The molecule has 0 aliphatic carbocycles. The number of furan rings is 2. The number of hydrogen-bond donors (Lipinski definition) is 0. The predicted molar refractivity (Wildman–Crippen MR) is 204 cm³/mol. The second kappa shape index (κ2) is 11.0. The maximum Gasteiger partial charge on any atom is 0.143 e. The van der Waals surface area contributed by atoms with Gasteiger partial charge < -0.3 is 13.7 Å². The molecule has 2 heterocycles. The van der Waals surface area contributed by atoms with E-state index in [1.54, 1.807) is 48.5 Å². The molecule has 10 rings (SSSR count). The second-order valence-corrected chi connectivity index (χ2v) is 11.3. The summed E-state index contributed by atoms with van der Waals surface area (Å²) in [4.78, 5) is 1.21. The molecular formula is C46H29NO2. The van der Waals surface area contributed by atoms with Crippen LogP contribution in [0.5, 0.6) is 0 Å². The van der Waals surface area contributed by atoms with Gasteiger partial charge in [0.1, 0.15) is 22.3 Å². The zero-order valence-electron chi connectivity index (χ0n) is 40.3. The molecule has 0 fully saturated rings. The maximum absolute atomic E-state index is 9.71. The van der Waals surface area contributed by atoms with Crippen LogP contribution in [-0.2, 0) is 0 Å². The fourth-order valence-corrected chi connectivity index (χ4v) is 6.32. The van der Waals surface area contributed by atoms with Crippen LogP contribution in [0.2, 0.25) is 0 Å². The van der Waals surface area contributed by atoms with Crippen molar-refractivity contribution in [2.24, 2.45) is 0 Å². The Balaban J connectivity index is 1.35. The van der Waals surface area contributed by atoms with Crippen LogP contribution in [0.25, 0.3) is 76.9 Å². The molecule has 0 atom stereocenters. The lowest BCUT2D eigenvalue weighted by Gasteiger charge is -2.27. The SMILES string of the molecule is [2H]c1c([2H])c(-c2ccccc2)c([2H])c(N(c2c([2H])c([2H])c(-c3c([2H])c([2H])c([2H])c4c3oc3c([2H])c([2H])c([2H])c([2H])c34)c([2H])c2[2H])c2cccc3oc4c5ccccc5ccc4c23)c1[2H]. The molecule has 2 aromatic heterocycles. The van der Waals surface area contributed by atoms with Gasteiger partial charge in [-0.25, -0.2) is 0 Å². The molecule has 0 amide bonds. The standard InChI is InChI=1S/C46H29NO2/c1-2-11-30(12-3-1)33-14-8-15-35(29-33)47(41-20-10-22-43-44(41)40-28-25-31-13-4-5-16-36(31)46(40)49-43)34-26-23-32(24-27-34)37-18-9-19-39-38-17-6-7-21-42(38)48-45(37)39/h1-29H/i6D,7D,8D,9D,14D,15D,17D,18D,19D,21D,23D,24D,26D,27D,29D.